The lowest BCUT2D eigenvalue weighted by Crippen LogP contribution is -2.22. The molecule has 5 aromatic rings. The average Bonchev–Trinajstić information content (AvgIpc) is 3.50. The molecule has 3 heterocycles. The number of ether oxygens (including phenoxy) is 1. The summed E-state index contributed by atoms with van der Waals surface area (Å²) < 4.78 is 9.02. The van der Waals surface area contributed by atoms with Crippen LogP contribution in [-0.2, 0) is 6.42 Å². The highest BCUT2D eigenvalue weighted by molar-refractivity contribution is 7.99. The van der Waals surface area contributed by atoms with Crippen molar-refractivity contribution in [3.63, 3.8) is 0 Å². The fraction of sp³-hybridized carbons (Fsp3) is 0.185. The molecule has 0 saturated carbocycles. The third-order valence-corrected chi connectivity index (χ3v) is 7.26. The normalized spacial score (nSPS) is 12.7. The number of benzene rings is 3. The zero-order chi connectivity index (χ0) is 24.1. The first-order valence-electron chi connectivity index (χ1n) is 11.4. The van der Waals surface area contributed by atoms with E-state index in [9.17, 15) is 9.59 Å². The van der Waals surface area contributed by atoms with Crippen LogP contribution in [0.15, 0.2) is 70.6 Å². The SMILES string of the molecule is Cc1ccc(-n2c(=O)c3ccccc3n3c(SCC(=O)c4ccc5c(c4)CCO5)nnc23)c(C)c1. The van der Waals surface area contributed by atoms with E-state index in [1.807, 2.05) is 78.9 Å². The van der Waals surface area contributed by atoms with Gasteiger partial charge in [0.05, 0.1) is 29.0 Å². The van der Waals surface area contributed by atoms with Gasteiger partial charge in [-0.2, -0.15) is 0 Å². The highest BCUT2D eigenvalue weighted by Crippen LogP contribution is 2.28. The molecule has 7 nitrogen and oxygen atoms in total. The van der Waals surface area contributed by atoms with Crippen LogP contribution in [0.3, 0.4) is 0 Å². The highest BCUT2D eigenvalue weighted by atomic mass is 32.2. The van der Waals surface area contributed by atoms with Gasteiger partial charge < -0.3 is 4.74 Å². The van der Waals surface area contributed by atoms with E-state index >= 15 is 0 Å². The molecule has 0 radical (unpaired) electrons. The van der Waals surface area contributed by atoms with Crippen LogP contribution in [-0.4, -0.2) is 37.3 Å². The topological polar surface area (TPSA) is 78.5 Å². The lowest BCUT2D eigenvalue weighted by molar-refractivity contribution is 0.102. The predicted molar refractivity (Wildman–Crippen MR) is 136 cm³/mol. The second-order valence-corrected chi connectivity index (χ2v) is 9.64. The number of thioether (sulfide) groups is 1. The minimum Gasteiger partial charge on any atom is -0.493 e. The molecule has 0 N–H and O–H groups in total. The Morgan fingerprint density at radius 1 is 1.06 bits per heavy atom. The molecule has 0 spiro atoms. The van der Waals surface area contributed by atoms with Gasteiger partial charge in [0, 0.05) is 12.0 Å². The number of hydrogen-bond acceptors (Lipinski definition) is 6. The second kappa shape index (κ2) is 8.39. The molecule has 8 heteroatoms. The zero-order valence-electron chi connectivity index (χ0n) is 19.3. The Labute approximate surface area is 205 Å². The van der Waals surface area contributed by atoms with Crippen molar-refractivity contribution in [2.75, 3.05) is 12.4 Å². The number of fused-ring (bicyclic) bond motifs is 4. The molecule has 174 valence electrons. The van der Waals surface area contributed by atoms with Crippen LogP contribution in [0.1, 0.15) is 27.0 Å². The Balaban J connectivity index is 1.44. The number of carbonyl (C=O) groups is 1. The summed E-state index contributed by atoms with van der Waals surface area (Å²) in [4.78, 5) is 26.5. The summed E-state index contributed by atoms with van der Waals surface area (Å²) in [5.74, 6) is 1.49. The third-order valence-electron chi connectivity index (χ3n) is 6.33. The summed E-state index contributed by atoms with van der Waals surface area (Å²) in [5.41, 5.74) is 5.13. The van der Waals surface area contributed by atoms with E-state index in [0.717, 1.165) is 34.5 Å². The van der Waals surface area contributed by atoms with Gasteiger partial charge in [0.25, 0.3) is 5.56 Å². The smallest absolute Gasteiger partial charge is 0.267 e. The highest BCUT2D eigenvalue weighted by Gasteiger charge is 2.20. The molecule has 6 rings (SSSR count). The van der Waals surface area contributed by atoms with Gasteiger partial charge in [-0.15, -0.1) is 10.2 Å². The zero-order valence-corrected chi connectivity index (χ0v) is 20.1. The van der Waals surface area contributed by atoms with Crippen molar-refractivity contribution in [1.29, 1.82) is 0 Å². The van der Waals surface area contributed by atoms with Crippen LogP contribution in [0.5, 0.6) is 5.75 Å². The largest absolute Gasteiger partial charge is 0.493 e. The molecule has 35 heavy (non-hydrogen) atoms. The molecule has 1 aliphatic heterocycles. The number of aryl methyl sites for hydroxylation is 2. The van der Waals surface area contributed by atoms with Crippen LogP contribution in [0.2, 0.25) is 0 Å². The van der Waals surface area contributed by atoms with E-state index < -0.39 is 0 Å². The quantitative estimate of drug-likeness (QED) is 0.270. The van der Waals surface area contributed by atoms with Crippen molar-refractivity contribution in [3.8, 4) is 11.4 Å². The van der Waals surface area contributed by atoms with Gasteiger partial charge in [0.1, 0.15) is 5.75 Å². The molecule has 0 fully saturated rings. The summed E-state index contributed by atoms with van der Waals surface area (Å²) in [6, 6.07) is 19.0. The fourth-order valence-corrected chi connectivity index (χ4v) is 5.45. The van der Waals surface area contributed by atoms with Crippen LogP contribution < -0.4 is 10.3 Å². The van der Waals surface area contributed by atoms with E-state index in [0.29, 0.717) is 34.0 Å². The molecular weight excluding hydrogens is 460 g/mol. The number of para-hydroxylation sites is 1. The molecule has 2 aromatic heterocycles. The Bertz CT molecular complexity index is 1700. The van der Waals surface area contributed by atoms with Crippen molar-refractivity contribution < 1.29 is 9.53 Å². The molecule has 0 atom stereocenters. The summed E-state index contributed by atoms with van der Waals surface area (Å²) >= 11 is 1.32. The maximum Gasteiger partial charge on any atom is 0.267 e. The van der Waals surface area contributed by atoms with E-state index in [4.69, 9.17) is 4.74 Å². The van der Waals surface area contributed by atoms with Gasteiger partial charge in [-0.1, -0.05) is 41.6 Å². The average molecular weight is 483 g/mol. The number of carbonyl (C=O) groups excluding carboxylic acids is 1. The number of ketones is 1. The minimum atomic E-state index is -0.152. The molecule has 3 aromatic carbocycles. The molecule has 0 aliphatic carbocycles. The van der Waals surface area contributed by atoms with Crippen LogP contribution >= 0.6 is 11.8 Å². The van der Waals surface area contributed by atoms with Gasteiger partial charge in [-0.25, -0.2) is 4.57 Å². The maximum absolute atomic E-state index is 13.5. The van der Waals surface area contributed by atoms with Gasteiger partial charge in [-0.05, 0) is 61.4 Å². The molecule has 0 unspecified atom stereocenters. The molecule has 0 amide bonds. The lowest BCUT2D eigenvalue weighted by Gasteiger charge is -2.13. The number of aromatic nitrogens is 4. The minimum absolute atomic E-state index is 0.00783. The van der Waals surface area contributed by atoms with E-state index in [1.54, 1.807) is 4.57 Å². The first-order valence-corrected chi connectivity index (χ1v) is 12.4. The maximum atomic E-state index is 13.5. The standard InChI is InChI=1S/C27H22N4O3S/c1-16-7-9-21(17(2)13-16)30-25(33)20-5-3-4-6-22(20)31-26(30)28-29-27(31)35-15-23(32)18-8-10-24-19(14-18)11-12-34-24/h3-10,13-14H,11-12,15H2,1-2H3. The monoisotopic (exact) mass is 482 g/mol. The van der Waals surface area contributed by atoms with E-state index in [2.05, 4.69) is 10.2 Å². The van der Waals surface area contributed by atoms with Gasteiger partial charge in [-0.3, -0.25) is 14.0 Å². The first-order chi connectivity index (χ1) is 17.0. The Morgan fingerprint density at radius 3 is 2.77 bits per heavy atom. The third kappa shape index (κ3) is 3.61. The summed E-state index contributed by atoms with van der Waals surface area (Å²) in [6.07, 6.45) is 0.820. The van der Waals surface area contributed by atoms with E-state index in [-0.39, 0.29) is 17.1 Å². The first kappa shape index (κ1) is 21.6. The van der Waals surface area contributed by atoms with E-state index in [1.165, 1.54) is 11.8 Å². The fourth-order valence-electron chi connectivity index (χ4n) is 4.62. The van der Waals surface area contributed by atoms with Crippen molar-refractivity contribution in [2.24, 2.45) is 0 Å². The van der Waals surface area contributed by atoms with Crippen LogP contribution in [0.4, 0.5) is 0 Å². The molecule has 0 bridgehead atoms. The number of hydrogen-bond donors (Lipinski definition) is 0. The van der Waals surface area contributed by atoms with Gasteiger partial charge in [0.15, 0.2) is 10.9 Å². The van der Waals surface area contributed by atoms with Crippen LogP contribution in [0, 0.1) is 13.8 Å². The Morgan fingerprint density at radius 2 is 1.91 bits per heavy atom. The molecule has 1 aliphatic rings. The van der Waals surface area contributed by atoms with Crippen molar-refractivity contribution in [1.82, 2.24) is 19.2 Å². The Kier molecular flexibility index (Phi) is 5.18. The predicted octanol–water partition coefficient (Wildman–Crippen LogP) is 4.56. The summed E-state index contributed by atoms with van der Waals surface area (Å²) in [7, 11) is 0. The molecular formula is C27H22N4O3S. The molecule has 0 saturated heterocycles. The van der Waals surface area contributed by atoms with Gasteiger partial charge in [0.2, 0.25) is 5.78 Å². The van der Waals surface area contributed by atoms with Crippen molar-refractivity contribution >= 4 is 34.2 Å². The summed E-state index contributed by atoms with van der Waals surface area (Å²) in [5, 5.41) is 9.91. The number of rotatable bonds is 5. The van der Waals surface area contributed by atoms with Crippen LogP contribution in [0.25, 0.3) is 22.4 Å². The Hall–Kier alpha value is -3.91. The van der Waals surface area contributed by atoms with Crippen molar-refractivity contribution in [2.45, 2.75) is 25.4 Å². The second-order valence-electron chi connectivity index (χ2n) is 8.70. The van der Waals surface area contributed by atoms with Crippen molar-refractivity contribution in [3.05, 3.63) is 93.3 Å². The number of nitrogens with zero attached hydrogens (tertiary/aromatic N) is 4. The number of Topliss-reactive ketones (excluding diaryl/α,β-unsaturated/α-hetero) is 1. The lowest BCUT2D eigenvalue weighted by atomic mass is 10.1. The van der Waals surface area contributed by atoms with Gasteiger partial charge >= 0.3 is 0 Å². The summed E-state index contributed by atoms with van der Waals surface area (Å²) in [6.45, 7) is 4.65.